The molecule has 0 radical (unpaired) electrons. The Morgan fingerprint density at radius 1 is 1.44 bits per heavy atom. The molecule has 2 N–H and O–H groups in total. The zero-order valence-electron chi connectivity index (χ0n) is 9.46. The molecule has 0 aliphatic rings. The average molecular weight is 242 g/mol. The molecule has 0 saturated heterocycles. The highest BCUT2D eigenvalue weighted by Gasteiger charge is 2.23. The Morgan fingerprint density at radius 3 is 2.50 bits per heavy atom. The van der Waals surface area contributed by atoms with Gasteiger partial charge in [0.2, 0.25) is 5.91 Å². The van der Waals surface area contributed by atoms with Crippen LogP contribution in [0.3, 0.4) is 0 Å². The van der Waals surface area contributed by atoms with Crippen molar-refractivity contribution in [2.24, 2.45) is 0 Å². The number of halogens is 1. The average Bonchev–Trinajstić information content (AvgIpc) is 2.26. The maximum Gasteiger partial charge on any atom is 0.219 e. The van der Waals surface area contributed by atoms with Gasteiger partial charge in [0, 0.05) is 11.4 Å². The number of hydrogen-bond donors (Lipinski definition) is 2. The lowest BCUT2D eigenvalue weighted by Crippen LogP contribution is -2.38. The molecule has 0 spiro atoms. The molecule has 0 heterocycles. The standard InChI is InChI=1S/C12H16ClNO2/c1-3-11(15)14-8-12(2,16)9-4-6-10(13)7-5-9/h4-7,16H,3,8H2,1-2H3,(H,14,15). The molecule has 0 aromatic heterocycles. The number of hydrogen-bond acceptors (Lipinski definition) is 2. The van der Waals surface area contributed by atoms with E-state index >= 15 is 0 Å². The van der Waals surface area contributed by atoms with Crippen molar-refractivity contribution in [2.75, 3.05) is 6.54 Å². The molecule has 0 aliphatic carbocycles. The van der Waals surface area contributed by atoms with Gasteiger partial charge in [-0.2, -0.15) is 0 Å². The Kier molecular flexibility index (Phi) is 4.33. The summed E-state index contributed by atoms with van der Waals surface area (Å²) in [4.78, 5) is 11.1. The van der Waals surface area contributed by atoms with Gasteiger partial charge in [0.15, 0.2) is 0 Å². The first-order chi connectivity index (χ1) is 7.45. The van der Waals surface area contributed by atoms with E-state index in [1.165, 1.54) is 0 Å². The van der Waals surface area contributed by atoms with Crippen LogP contribution in [0.5, 0.6) is 0 Å². The Hall–Kier alpha value is -1.06. The number of carbonyl (C=O) groups excluding carboxylic acids is 1. The maximum absolute atomic E-state index is 11.1. The molecular formula is C12H16ClNO2. The summed E-state index contributed by atoms with van der Waals surface area (Å²) in [6.07, 6.45) is 0.413. The fourth-order valence-corrected chi connectivity index (χ4v) is 1.43. The highest BCUT2D eigenvalue weighted by atomic mass is 35.5. The van der Waals surface area contributed by atoms with Gasteiger partial charge in [-0.15, -0.1) is 0 Å². The van der Waals surface area contributed by atoms with Crippen LogP contribution in [0.2, 0.25) is 5.02 Å². The topological polar surface area (TPSA) is 49.3 Å². The molecule has 1 amide bonds. The lowest BCUT2D eigenvalue weighted by molar-refractivity contribution is -0.122. The summed E-state index contributed by atoms with van der Waals surface area (Å²) in [5.41, 5.74) is -0.344. The van der Waals surface area contributed by atoms with Gasteiger partial charge < -0.3 is 10.4 Å². The smallest absolute Gasteiger partial charge is 0.219 e. The van der Waals surface area contributed by atoms with Crippen LogP contribution in [0.15, 0.2) is 24.3 Å². The molecule has 0 bridgehead atoms. The first-order valence-corrected chi connectivity index (χ1v) is 5.58. The van der Waals surface area contributed by atoms with Crippen LogP contribution in [0.1, 0.15) is 25.8 Å². The SMILES string of the molecule is CCC(=O)NCC(C)(O)c1ccc(Cl)cc1. The van der Waals surface area contributed by atoms with Crippen LogP contribution in [0.25, 0.3) is 0 Å². The van der Waals surface area contributed by atoms with Crippen molar-refractivity contribution < 1.29 is 9.90 Å². The summed E-state index contributed by atoms with van der Waals surface area (Å²) >= 11 is 5.76. The molecule has 1 unspecified atom stereocenters. The van der Waals surface area contributed by atoms with Crippen LogP contribution in [0.4, 0.5) is 0 Å². The third kappa shape index (κ3) is 3.51. The molecule has 88 valence electrons. The number of rotatable bonds is 4. The fourth-order valence-electron chi connectivity index (χ4n) is 1.31. The second-order valence-corrected chi connectivity index (χ2v) is 4.35. The predicted octanol–water partition coefficient (Wildman–Crippen LogP) is 2.07. The van der Waals surface area contributed by atoms with Gasteiger partial charge in [-0.25, -0.2) is 0 Å². The largest absolute Gasteiger partial charge is 0.384 e. The van der Waals surface area contributed by atoms with E-state index in [9.17, 15) is 9.90 Å². The normalized spacial score (nSPS) is 14.2. The summed E-state index contributed by atoms with van der Waals surface area (Å²) in [5, 5.41) is 13.4. The van der Waals surface area contributed by atoms with Crippen LogP contribution < -0.4 is 5.32 Å². The quantitative estimate of drug-likeness (QED) is 0.848. The van der Waals surface area contributed by atoms with Crippen molar-refractivity contribution in [1.29, 1.82) is 0 Å². The van der Waals surface area contributed by atoms with Crippen LogP contribution in [0, 0.1) is 0 Å². The van der Waals surface area contributed by atoms with Gasteiger partial charge in [0.1, 0.15) is 5.60 Å². The van der Waals surface area contributed by atoms with Crippen molar-refractivity contribution in [1.82, 2.24) is 5.32 Å². The van der Waals surface area contributed by atoms with Crippen molar-refractivity contribution in [3.05, 3.63) is 34.9 Å². The minimum atomic E-state index is -1.07. The fraction of sp³-hybridized carbons (Fsp3) is 0.417. The molecule has 0 fully saturated rings. The third-order valence-corrected chi connectivity index (χ3v) is 2.67. The van der Waals surface area contributed by atoms with Crippen LogP contribution in [-0.2, 0) is 10.4 Å². The highest BCUT2D eigenvalue weighted by Crippen LogP contribution is 2.21. The number of nitrogens with one attached hydrogen (secondary N) is 1. The van der Waals surface area contributed by atoms with Crippen molar-refractivity contribution in [2.45, 2.75) is 25.9 Å². The van der Waals surface area contributed by atoms with E-state index in [0.717, 1.165) is 5.56 Å². The molecule has 0 saturated carbocycles. The summed E-state index contributed by atoms with van der Waals surface area (Å²) in [7, 11) is 0. The predicted molar refractivity (Wildman–Crippen MR) is 64.3 cm³/mol. The van der Waals surface area contributed by atoms with Gasteiger partial charge in [0.25, 0.3) is 0 Å². The number of benzene rings is 1. The second kappa shape index (κ2) is 5.32. The molecule has 0 aliphatic heterocycles. The van der Waals surface area contributed by atoms with Crippen LogP contribution >= 0.6 is 11.6 Å². The van der Waals surface area contributed by atoms with Crippen LogP contribution in [-0.4, -0.2) is 17.6 Å². The van der Waals surface area contributed by atoms with E-state index in [-0.39, 0.29) is 12.5 Å². The lowest BCUT2D eigenvalue weighted by atomic mass is 9.96. The number of aliphatic hydroxyl groups is 1. The van der Waals surface area contributed by atoms with Gasteiger partial charge in [0.05, 0.1) is 6.54 Å². The summed E-state index contributed by atoms with van der Waals surface area (Å²) in [5.74, 6) is -0.0748. The first-order valence-electron chi connectivity index (χ1n) is 5.21. The number of carbonyl (C=O) groups is 1. The van der Waals surface area contributed by atoms with Gasteiger partial charge >= 0.3 is 0 Å². The van der Waals surface area contributed by atoms with E-state index in [1.54, 1.807) is 38.1 Å². The van der Waals surface area contributed by atoms with E-state index < -0.39 is 5.60 Å². The van der Waals surface area contributed by atoms with Gasteiger partial charge in [-0.3, -0.25) is 4.79 Å². The van der Waals surface area contributed by atoms with E-state index in [1.807, 2.05) is 0 Å². The summed E-state index contributed by atoms with van der Waals surface area (Å²) in [6.45, 7) is 3.62. The lowest BCUT2D eigenvalue weighted by Gasteiger charge is -2.24. The highest BCUT2D eigenvalue weighted by molar-refractivity contribution is 6.30. The van der Waals surface area contributed by atoms with E-state index in [4.69, 9.17) is 11.6 Å². The Balaban J connectivity index is 2.69. The van der Waals surface area contributed by atoms with Crippen molar-refractivity contribution in [3.63, 3.8) is 0 Å². The summed E-state index contributed by atoms with van der Waals surface area (Å²) < 4.78 is 0. The van der Waals surface area contributed by atoms with Crippen molar-refractivity contribution >= 4 is 17.5 Å². The molecule has 3 nitrogen and oxygen atoms in total. The molecular weight excluding hydrogens is 226 g/mol. The summed E-state index contributed by atoms with van der Waals surface area (Å²) in [6, 6.07) is 6.93. The van der Waals surface area contributed by atoms with Crippen molar-refractivity contribution in [3.8, 4) is 0 Å². The zero-order chi connectivity index (χ0) is 12.2. The molecule has 4 heteroatoms. The molecule has 16 heavy (non-hydrogen) atoms. The number of amides is 1. The van der Waals surface area contributed by atoms with E-state index in [0.29, 0.717) is 11.4 Å². The minimum absolute atomic E-state index is 0.0748. The minimum Gasteiger partial charge on any atom is -0.384 e. The molecule has 1 aromatic carbocycles. The third-order valence-electron chi connectivity index (χ3n) is 2.42. The Bertz CT molecular complexity index is 360. The zero-order valence-corrected chi connectivity index (χ0v) is 10.2. The second-order valence-electron chi connectivity index (χ2n) is 3.91. The van der Waals surface area contributed by atoms with Gasteiger partial charge in [-0.1, -0.05) is 30.7 Å². The Labute approximate surface area is 100 Å². The van der Waals surface area contributed by atoms with E-state index in [2.05, 4.69) is 5.32 Å². The monoisotopic (exact) mass is 241 g/mol. The maximum atomic E-state index is 11.1. The molecule has 1 rings (SSSR count). The molecule has 1 aromatic rings. The Morgan fingerprint density at radius 2 is 2.00 bits per heavy atom. The molecule has 1 atom stereocenters. The van der Waals surface area contributed by atoms with Gasteiger partial charge in [-0.05, 0) is 24.6 Å². The first kappa shape index (κ1) is 13.0.